The summed E-state index contributed by atoms with van der Waals surface area (Å²) >= 11 is 0. The number of para-hydroxylation sites is 1. The van der Waals surface area contributed by atoms with Crippen molar-refractivity contribution in [3.05, 3.63) is 209 Å². The second-order valence-corrected chi connectivity index (χ2v) is 21.9. The number of aromatic nitrogens is 1. The average molecular weight is 885 g/mol. The predicted molar refractivity (Wildman–Crippen MR) is 292 cm³/mol. The zero-order valence-corrected chi connectivity index (χ0v) is 40.6. The first kappa shape index (κ1) is 38.7. The summed E-state index contributed by atoms with van der Waals surface area (Å²) in [6.07, 6.45) is 0. The van der Waals surface area contributed by atoms with Gasteiger partial charge in [0.15, 0.2) is 0 Å². The van der Waals surface area contributed by atoms with Crippen molar-refractivity contribution in [2.24, 2.45) is 0 Å². The Bertz CT molecular complexity index is 3820. The van der Waals surface area contributed by atoms with E-state index in [1.165, 1.54) is 82.3 Å². The lowest BCUT2D eigenvalue weighted by molar-refractivity contribution is 0.590. The van der Waals surface area contributed by atoms with Gasteiger partial charge in [-0.05, 0) is 166 Å². The van der Waals surface area contributed by atoms with Gasteiger partial charge in [-0.2, -0.15) is 0 Å². The SMILES string of the molecule is [2H]C([2H])([2H])c1ccc(N(c2ccc(C(C)(C)C)cc2)c2ccc3c4cccc5c6cc7cc8c(cc7cc6n(c3c2)c45)C(C)(C)c2cc(N(c3ccc(C)cc3)c3ccc(C(C)(C)C)cc3)ccc2-8)cc1. The molecule has 0 bridgehead atoms. The molecule has 1 aliphatic carbocycles. The van der Waals surface area contributed by atoms with Crippen molar-refractivity contribution in [1.29, 1.82) is 0 Å². The van der Waals surface area contributed by atoms with Crippen LogP contribution in [0, 0.1) is 13.8 Å². The lowest BCUT2D eigenvalue weighted by atomic mass is 9.81. The Kier molecular flexibility index (Phi) is 8.44. The van der Waals surface area contributed by atoms with Crippen molar-refractivity contribution in [3.8, 4) is 11.1 Å². The van der Waals surface area contributed by atoms with Crippen LogP contribution in [0.4, 0.5) is 34.1 Å². The van der Waals surface area contributed by atoms with E-state index in [1.54, 1.807) is 12.1 Å². The van der Waals surface area contributed by atoms with E-state index in [4.69, 9.17) is 4.11 Å². The lowest BCUT2D eigenvalue weighted by Crippen LogP contribution is -2.17. The average Bonchev–Trinajstić information content (AvgIpc) is 3.92. The molecule has 0 radical (unpaired) electrons. The quantitative estimate of drug-likeness (QED) is 0.165. The Labute approximate surface area is 405 Å². The van der Waals surface area contributed by atoms with Gasteiger partial charge in [-0.1, -0.05) is 145 Å². The van der Waals surface area contributed by atoms with E-state index >= 15 is 0 Å². The molecule has 0 unspecified atom stereocenters. The highest BCUT2D eigenvalue weighted by molar-refractivity contribution is 6.25. The van der Waals surface area contributed by atoms with Crippen LogP contribution in [0.1, 0.15) is 92.9 Å². The fraction of sp³-hybridized carbons (Fsp3) is 0.200. The van der Waals surface area contributed by atoms with Gasteiger partial charge < -0.3 is 14.2 Å². The van der Waals surface area contributed by atoms with Crippen LogP contribution in [0.2, 0.25) is 0 Å². The summed E-state index contributed by atoms with van der Waals surface area (Å²) in [5.41, 5.74) is 19.1. The van der Waals surface area contributed by atoms with Gasteiger partial charge >= 0.3 is 0 Å². The molecule has 0 fully saturated rings. The maximum Gasteiger partial charge on any atom is 0.0620 e. The Morgan fingerprint density at radius 1 is 0.426 bits per heavy atom. The van der Waals surface area contributed by atoms with Gasteiger partial charge in [0.1, 0.15) is 0 Å². The first-order valence-electron chi connectivity index (χ1n) is 25.6. The molecule has 1 aliphatic rings. The molecule has 3 nitrogen and oxygen atoms in total. The van der Waals surface area contributed by atoms with E-state index in [2.05, 4.69) is 228 Å². The van der Waals surface area contributed by atoms with Crippen LogP contribution in [0.25, 0.3) is 60.0 Å². The first-order chi connectivity index (χ1) is 33.7. The number of hydrogen-bond donors (Lipinski definition) is 0. The highest BCUT2D eigenvalue weighted by Gasteiger charge is 2.37. The Hall–Kier alpha value is -7.36. The minimum Gasteiger partial charge on any atom is -0.310 e. The molecule has 2 heterocycles. The number of benzene rings is 9. The van der Waals surface area contributed by atoms with E-state index in [0.717, 1.165) is 39.6 Å². The number of fused-ring (bicyclic) bond motifs is 10. The van der Waals surface area contributed by atoms with E-state index < -0.39 is 6.85 Å². The fourth-order valence-corrected chi connectivity index (χ4v) is 11.1. The molecule has 0 N–H and O–H groups in total. The molecule has 12 rings (SSSR count). The molecular weight excluding hydrogens is 823 g/mol. The monoisotopic (exact) mass is 884 g/mol. The van der Waals surface area contributed by atoms with Crippen LogP contribution in [0.3, 0.4) is 0 Å². The van der Waals surface area contributed by atoms with Crippen LogP contribution in [-0.2, 0) is 16.2 Å². The van der Waals surface area contributed by atoms with E-state index in [1.807, 2.05) is 12.1 Å². The molecule has 3 heteroatoms. The minimum atomic E-state index is -2.19. The molecule has 0 saturated heterocycles. The second kappa shape index (κ2) is 14.8. The fourth-order valence-electron chi connectivity index (χ4n) is 11.1. The van der Waals surface area contributed by atoms with Crippen molar-refractivity contribution in [2.75, 3.05) is 9.80 Å². The van der Waals surface area contributed by atoms with Crippen LogP contribution >= 0.6 is 0 Å². The second-order valence-electron chi connectivity index (χ2n) is 21.9. The molecule has 334 valence electrons. The number of aryl methyl sites for hydroxylation is 2. The van der Waals surface area contributed by atoms with E-state index in [9.17, 15) is 0 Å². The summed E-state index contributed by atoms with van der Waals surface area (Å²) in [6.45, 7) is 18.2. The topological polar surface area (TPSA) is 10.9 Å². The summed E-state index contributed by atoms with van der Waals surface area (Å²) in [4.78, 5) is 4.64. The Morgan fingerprint density at radius 2 is 0.897 bits per heavy atom. The first-order valence-corrected chi connectivity index (χ1v) is 24.1. The highest BCUT2D eigenvalue weighted by Crippen LogP contribution is 2.53. The summed E-state index contributed by atoms with van der Waals surface area (Å²) in [5, 5.41) is 7.35. The minimum absolute atomic E-state index is 0.00203. The van der Waals surface area contributed by atoms with Gasteiger partial charge in [0, 0.05) is 65.2 Å². The number of anilines is 6. The maximum atomic E-state index is 8.06. The summed E-state index contributed by atoms with van der Waals surface area (Å²) in [7, 11) is 0. The summed E-state index contributed by atoms with van der Waals surface area (Å²) in [6, 6.07) is 64.4. The number of nitrogens with zero attached hydrogens (tertiary/aromatic N) is 3. The van der Waals surface area contributed by atoms with Gasteiger partial charge in [-0.3, -0.25) is 0 Å². The van der Waals surface area contributed by atoms with Crippen LogP contribution in [-0.4, -0.2) is 4.40 Å². The highest BCUT2D eigenvalue weighted by atomic mass is 15.1. The normalized spacial score (nSPS) is 14.4. The zero-order valence-electron chi connectivity index (χ0n) is 43.6. The molecule has 9 aromatic carbocycles. The van der Waals surface area contributed by atoms with Crippen LogP contribution < -0.4 is 9.80 Å². The molecule has 68 heavy (non-hydrogen) atoms. The summed E-state index contributed by atoms with van der Waals surface area (Å²) < 4.78 is 26.7. The van der Waals surface area contributed by atoms with E-state index in [-0.39, 0.29) is 16.2 Å². The molecule has 0 aliphatic heterocycles. The van der Waals surface area contributed by atoms with Gasteiger partial charge in [-0.15, -0.1) is 0 Å². The molecule has 0 amide bonds. The van der Waals surface area contributed by atoms with Crippen molar-refractivity contribution < 1.29 is 4.11 Å². The molecular formula is C65H59N3. The molecule has 2 aromatic heterocycles. The van der Waals surface area contributed by atoms with Crippen molar-refractivity contribution in [2.45, 2.75) is 85.4 Å². The largest absolute Gasteiger partial charge is 0.310 e. The smallest absolute Gasteiger partial charge is 0.0620 e. The van der Waals surface area contributed by atoms with Gasteiger partial charge in [-0.25, -0.2) is 0 Å². The van der Waals surface area contributed by atoms with Gasteiger partial charge in [0.2, 0.25) is 0 Å². The molecule has 0 saturated carbocycles. The molecule has 11 aromatic rings. The maximum absolute atomic E-state index is 8.06. The van der Waals surface area contributed by atoms with Gasteiger partial charge in [0.25, 0.3) is 0 Å². The third-order valence-electron chi connectivity index (χ3n) is 15.0. The summed E-state index contributed by atoms with van der Waals surface area (Å²) in [5.74, 6) is 0. The van der Waals surface area contributed by atoms with Crippen molar-refractivity contribution in [3.63, 3.8) is 0 Å². The van der Waals surface area contributed by atoms with E-state index in [0.29, 0.717) is 5.56 Å². The van der Waals surface area contributed by atoms with Crippen LogP contribution in [0.5, 0.6) is 0 Å². The third kappa shape index (κ3) is 6.54. The number of rotatable bonds is 6. The number of hydrogen-bond acceptors (Lipinski definition) is 2. The van der Waals surface area contributed by atoms with Gasteiger partial charge in [0.05, 0.1) is 16.6 Å². The zero-order chi connectivity index (χ0) is 49.5. The Balaban J connectivity index is 0.998. The van der Waals surface area contributed by atoms with Crippen molar-refractivity contribution in [1.82, 2.24) is 4.40 Å². The Morgan fingerprint density at radius 3 is 1.47 bits per heavy atom. The van der Waals surface area contributed by atoms with Crippen LogP contribution in [0.15, 0.2) is 176 Å². The predicted octanol–water partition coefficient (Wildman–Crippen LogP) is 18.4. The molecule has 0 spiro atoms. The third-order valence-corrected chi connectivity index (χ3v) is 15.0. The standard InChI is InChI=1S/C65H59N3/c1-40-14-22-46(23-15-40)66(48-26-18-44(19-27-48)63(3,4)5)50-30-32-52-56-34-42-35-57-55-13-11-12-54-53-33-31-51(67(47-24-16-41(2)17-25-47)49-28-20-45(21-29-49)64(6,7)8)39-61(53)68(62(54)55)60(57)37-43(42)36-58(56)65(9,10)59(52)38-50/h11-39H,1-10H3/i2D3. The van der Waals surface area contributed by atoms with Crippen molar-refractivity contribution >= 4 is 83.0 Å². The molecule has 0 atom stereocenters. The lowest BCUT2D eigenvalue weighted by Gasteiger charge is -2.29.